The maximum atomic E-state index is 13.1. The number of halogens is 2. The lowest BCUT2D eigenvalue weighted by Crippen LogP contribution is -2.06. The maximum absolute atomic E-state index is 13.1. The Bertz CT molecular complexity index is 326. The third-order valence-corrected chi connectivity index (χ3v) is 1.92. The molecule has 0 spiro atoms. The van der Waals surface area contributed by atoms with Crippen molar-refractivity contribution in [3.05, 3.63) is 29.1 Å². The smallest absolute Gasteiger partial charge is 0.180 e. The first-order valence-electron chi connectivity index (χ1n) is 3.64. The Morgan fingerprint density at radius 3 is 2.69 bits per heavy atom. The summed E-state index contributed by atoms with van der Waals surface area (Å²) in [5, 5.41) is 8.99. The van der Waals surface area contributed by atoms with Crippen LogP contribution in [0.15, 0.2) is 12.1 Å². The minimum atomic E-state index is -0.733. The summed E-state index contributed by atoms with van der Waals surface area (Å²) in [4.78, 5) is 11.1. The van der Waals surface area contributed by atoms with E-state index < -0.39 is 11.6 Å². The fourth-order valence-electron chi connectivity index (χ4n) is 1.15. The molecule has 0 saturated heterocycles. The first-order valence-corrected chi connectivity index (χ1v) is 4.18. The van der Waals surface area contributed by atoms with E-state index in [0.29, 0.717) is 5.56 Å². The standard InChI is InChI=1S/C9H8ClFO2/c1-5-2-6(12)3-7(11)9(5)8(13)4-10/h2-3,12H,4H2,1H3. The minimum Gasteiger partial charge on any atom is -0.508 e. The number of hydrogen-bond acceptors (Lipinski definition) is 2. The number of ketones is 1. The molecule has 1 aromatic rings. The van der Waals surface area contributed by atoms with Crippen molar-refractivity contribution >= 4 is 17.4 Å². The summed E-state index contributed by atoms with van der Waals surface area (Å²) in [5.74, 6) is -1.66. The first kappa shape index (κ1) is 9.99. The molecule has 4 heteroatoms. The highest BCUT2D eigenvalue weighted by Crippen LogP contribution is 2.20. The maximum Gasteiger partial charge on any atom is 0.180 e. The molecule has 1 N–H and O–H groups in total. The van der Waals surface area contributed by atoms with E-state index in [2.05, 4.69) is 0 Å². The molecular weight excluding hydrogens is 195 g/mol. The van der Waals surface area contributed by atoms with Crippen LogP contribution in [0, 0.1) is 12.7 Å². The number of phenolic OH excluding ortho intramolecular Hbond substituents is 1. The number of benzene rings is 1. The Hall–Kier alpha value is -1.09. The Morgan fingerprint density at radius 1 is 1.62 bits per heavy atom. The molecule has 0 aliphatic carbocycles. The normalized spacial score (nSPS) is 10.1. The van der Waals surface area contributed by atoms with Crippen LogP contribution in [0.5, 0.6) is 5.75 Å². The second-order valence-electron chi connectivity index (χ2n) is 2.68. The van der Waals surface area contributed by atoms with E-state index in [4.69, 9.17) is 16.7 Å². The predicted molar refractivity (Wildman–Crippen MR) is 47.9 cm³/mol. The highest BCUT2D eigenvalue weighted by molar-refractivity contribution is 6.30. The van der Waals surface area contributed by atoms with Crippen LogP contribution < -0.4 is 0 Å². The van der Waals surface area contributed by atoms with Gasteiger partial charge in [-0.25, -0.2) is 4.39 Å². The van der Waals surface area contributed by atoms with Crippen molar-refractivity contribution in [2.45, 2.75) is 6.92 Å². The summed E-state index contributed by atoms with van der Waals surface area (Å²) < 4.78 is 13.1. The van der Waals surface area contributed by atoms with Crippen LogP contribution in [-0.4, -0.2) is 16.8 Å². The second kappa shape index (κ2) is 3.75. The first-order chi connectivity index (χ1) is 6.06. The van der Waals surface area contributed by atoms with Gasteiger partial charge in [0.05, 0.1) is 11.4 Å². The van der Waals surface area contributed by atoms with Crippen molar-refractivity contribution in [2.24, 2.45) is 0 Å². The van der Waals surface area contributed by atoms with Gasteiger partial charge in [-0.2, -0.15) is 0 Å². The predicted octanol–water partition coefficient (Wildman–Crippen LogP) is 2.26. The quantitative estimate of drug-likeness (QED) is 0.590. The third-order valence-electron chi connectivity index (χ3n) is 1.67. The topological polar surface area (TPSA) is 37.3 Å². The molecule has 0 heterocycles. The van der Waals surface area contributed by atoms with E-state index in [1.54, 1.807) is 6.92 Å². The SMILES string of the molecule is Cc1cc(O)cc(F)c1C(=O)CCl. The zero-order valence-electron chi connectivity index (χ0n) is 6.97. The monoisotopic (exact) mass is 202 g/mol. The zero-order valence-corrected chi connectivity index (χ0v) is 7.73. The number of carbonyl (C=O) groups is 1. The Balaban J connectivity index is 3.28. The van der Waals surface area contributed by atoms with Crippen LogP contribution in [0.25, 0.3) is 0 Å². The van der Waals surface area contributed by atoms with E-state index in [-0.39, 0.29) is 17.2 Å². The van der Waals surface area contributed by atoms with Gasteiger partial charge in [-0.15, -0.1) is 11.6 Å². The van der Waals surface area contributed by atoms with Gasteiger partial charge >= 0.3 is 0 Å². The molecule has 0 aliphatic heterocycles. The molecule has 1 aromatic carbocycles. The molecule has 70 valence electrons. The summed E-state index contributed by atoms with van der Waals surface area (Å²) in [6.45, 7) is 1.54. The molecule has 0 aromatic heterocycles. The second-order valence-corrected chi connectivity index (χ2v) is 2.94. The van der Waals surface area contributed by atoms with Crippen LogP contribution >= 0.6 is 11.6 Å². The molecule has 13 heavy (non-hydrogen) atoms. The number of Topliss-reactive ketones (excluding diaryl/α,β-unsaturated/α-hetero) is 1. The van der Waals surface area contributed by atoms with Crippen molar-refractivity contribution < 1.29 is 14.3 Å². The van der Waals surface area contributed by atoms with Crippen molar-refractivity contribution in [3.63, 3.8) is 0 Å². The van der Waals surface area contributed by atoms with Gasteiger partial charge in [0, 0.05) is 6.07 Å². The molecule has 2 nitrogen and oxygen atoms in total. The molecular formula is C9H8ClFO2. The van der Waals surface area contributed by atoms with Gasteiger partial charge in [0.25, 0.3) is 0 Å². The van der Waals surface area contributed by atoms with Crippen LogP contribution in [0.4, 0.5) is 4.39 Å². The summed E-state index contributed by atoms with van der Waals surface area (Å²) in [6, 6.07) is 2.22. The molecule has 0 atom stereocenters. The zero-order chi connectivity index (χ0) is 10.0. The molecule has 0 saturated carbocycles. The van der Waals surface area contributed by atoms with Crippen molar-refractivity contribution in [3.8, 4) is 5.75 Å². The molecule has 1 rings (SSSR count). The van der Waals surface area contributed by atoms with Gasteiger partial charge in [0.2, 0.25) is 0 Å². The molecule has 0 amide bonds. The number of carbonyl (C=O) groups excluding carboxylic acids is 1. The van der Waals surface area contributed by atoms with E-state index in [9.17, 15) is 9.18 Å². The average molecular weight is 203 g/mol. The van der Waals surface area contributed by atoms with Gasteiger partial charge in [-0.3, -0.25) is 4.79 Å². The van der Waals surface area contributed by atoms with Gasteiger partial charge in [0.1, 0.15) is 11.6 Å². The van der Waals surface area contributed by atoms with Crippen LogP contribution in [0.1, 0.15) is 15.9 Å². The highest BCUT2D eigenvalue weighted by Gasteiger charge is 2.14. The van der Waals surface area contributed by atoms with Gasteiger partial charge in [-0.05, 0) is 18.6 Å². The molecule has 0 bridgehead atoms. The summed E-state index contributed by atoms with van der Waals surface area (Å²) in [6.07, 6.45) is 0. The minimum absolute atomic E-state index is 0.0483. The lowest BCUT2D eigenvalue weighted by molar-refractivity contribution is 0.101. The summed E-state index contributed by atoms with van der Waals surface area (Å²) in [5.41, 5.74) is 0.343. The number of alkyl halides is 1. The molecule has 0 radical (unpaired) electrons. The molecule has 0 aliphatic rings. The average Bonchev–Trinajstić information content (AvgIpc) is 2.02. The Labute approximate surface area is 80.0 Å². The number of aryl methyl sites for hydroxylation is 1. The number of hydrogen-bond donors (Lipinski definition) is 1. The van der Waals surface area contributed by atoms with E-state index in [1.807, 2.05) is 0 Å². The summed E-state index contributed by atoms with van der Waals surface area (Å²) in [7, 11) is 0. The lowest BCUT2D eigenvalue weighted by atomic mass is 10.0. The van der Waals surface area contributed by atoms with Gasteiger partial charge in [0.15, 0.2) is 5.78 Å². The van der Waals surface area contributed by atoms with E-state index >= 15 is 0 Å². The van der Waals surface area contributed by atoms with Gasteiger partial charge < -0.3 is 5.11 Å². The molecule has 0 unspecified atom stereocenters. The van der Waals surface area contributed by atoms with E-state index in [0.717, 1.165) is 6.07 Å². The fourth-order valence-corrected chi connectivity index (χ4v) is 1.28. The van der Waals surface area contributed by atoms with Crippen molar-refractivity contribution in [1.82, 2.24) is 0 Å². The van der Waals surface area contributed by atoms with Crippen molar-refractivity contribution in [1.29, 1.82) is 0 Å². The van der Waals surface area contributed by atoms with E-state index in [1.165, 1.54) is 6.07 Å². The van der Waals surface area contributed by atoms with Crippen LogP contribution in [0.2, 0.25) is 0 Å². The number of aromatic hydroxyl groups is 1. The summed E-state index contributed by atoms with van der Waals surface area (Å²) >= 11 is 5.29. The third kappa shape index (κ3) is 1.98. The Kier molecular flexibility index (Phi) is 2.88. The lowest BCUT2D eigenvalue weighted by Gasteiger charge is -2.04. The van der Waals surface area contributed by atoms with Crippen LogP contribution in [-0.2, 0) is 0 Å². The highest BCUT2D eigenvalue weighted by atomic mass is 35.5. The Morgan fingerprint density at radius 2 is 2.23 bits per heavy atom. The number of phenols is 1. The van der Waals surface area contributed by atoms with Crippen LogP contribution in [0.3, 0.4) is 0 Å². The fraction of sp³-hybridized carbons (Fsp3) is 0.222. The largest absolute Gasteiger partial charge is 0.508 e. The van der Waals surface area contributed by atoms with Gasteiger partial charge in [-0.1, -0.05) is 0 Å². The van der Waals surface area contributed by atoms with Crippen molar-refractivity contribution in [2.75, 3.05) is 5.88 Å². The number of rotatable bonds is 2. The molecule has 0 fully saturated rings.